The Bertz CT molecular complexity index is 1340. The summed E-state index contributed by atoms with van der Waals surface area (Å²) in [5, 5.41) is 23.3. The number of nitrogens with zero attached hydrogens (tertiary/aromatic N) is 3. The van der Waals surface area contributed by atoms with Gasteiger partial charge < -0.3 is 35.8 Å². The molecule has 2 aromatic carbocycles. The van der Waals surface area contributed by atoms with Crippen molar-refractivity contribution < 1.29 is 24.2 Å². The van der Waals surface area contributed by atoms with Gasteiger partial charge in [0.2, 0.25) is 5.91 Å². The molecule has 12 nitrogen and oxygen atoms in total. The summed E-state index contributed by atoms with van der Waals surface area (Å²) in [6.45, 7) is 4.90. The number of rotatable bonds is 8. The minimum atomic E-state index is -0.318. The lowest BCUT2D eigenvalue weighted by molar-refractivity contribution is -0.114. The highest BCUT2D eigenvalue weighted by atomic mass is 16.5. The minimum Gasteiger partial charge on any atom is -0.504 e. The molecule has 36 heavy (non-hydrogen) atoms. The van der Waals surface area contributed by atoms with Gasteiger partial charge in [-0.2, -0.15) is 9.97 Å². The highest BCUT2D eigenvalue weighted by molar-refractivity contribution is 6.01. The van der Waals surface area contributed by atoms with Gasteiger partial charge in [-0.3, -0.25) is 15.0 Å². The summed E-state index contributed by atoms with van der Waals surface area (Å²) in [4.78, 5) is 35.0. The molecule has 0 fully saturated rings. The van der Waals surface area contributed by atoms with E-state index in [1.54, 1.807) is 29.2 Å². The van der Waals surface area contributed by atoms with Crippen LogP contribution < -0.4 is 25.8 Å². The summed E-state index contributed by atoms with van der Waals surface area (Å²) in [7, 11) is 0. The zero-order chi connectivity index (χ0) is 25.8. The number of nitrogens with one attached hydrogen (secondary N) is 3. The van der Waals surface area contributed by atoms with Crippen LogP contribution in [0.4, 0.5) is 11.5 Å². The quantitative estimate of drug-likeness (QED) is 0.234. The molecule has 0 atom stereocenters. The number of fused-ring (bicyclic) bond motifs is 1. The van der Waals surface area contributed by atoms with Crippen LogP contribution in [-0.2, 0) is 4.79 Å². The van der Waals surface area contributed by atoms with Crippen LogP contribution >= 0.6 is 0 Å². The van der Waals surface area contributed by atoms with Crippen molar-refractivity contribution in [1.29, 1.82) is 5.41 Å². The molecule has 0 saturated heterocycles. The van der Waals surface area contributed by atoms with Gasteiger partial charge in [0.15, 0.2) is 17.3 Å². The number of phenolic OH excluding ortho intramolecular Hbond substituents is 1. The van der Waals surface area contributed by atoms with Crippen molar-refractivity contribution in [1.82, 2.24) is 14.9 Å². The van der Waals surface area contributed by atoms with Crippen molar-refractivity contribution in [3.63, 3.8) is 0 Å². The van der Waals surface area contributed by atoms with E-state index in [1.807, 2.05) is 13.8 Å². The van der Waals surface area contributed by atoms with Crippen LogP contribution in [0, 0.1) is 5.41 Å². The van der Waals surface area contributed by atoms with Gasteiger partial charge in [0, 0.05) is 24.2 Å². The molecule has 0 saturated carbocycles. The predicted octanol–water partition coefficient (Wildman–Crippen LogP) is 2.90. The van der Waals surface area contributed by atoms with Gasteiger partial charge in [-0.15, -0.1) is 0 Å². The number of hydrogen-bond acceptors (Lipinski definition) is 9. The molecule has 1 aliphatic rings. The summed E-state index contributed by atoms with van der Waals surface area (Å²) in [6.07, 6.45) is 0. The maximum atomic E-state index is 12.8. The number of nitrogen functional groups attached to an aromatic ring is 1. The number of nitrogens with two attached hydrogens (primary N) is 1. The largest absolute Gasteiger partial charge is 0.504 e. The van der Waals surface area contributed by atoms with Crippen LogP contribution in [0.5, 0.6) is 29.1 Å². The molecular formula is C24H25N7O5. The van der Waals surface area contributed by atoms with Crippen LogP contribution in [0.2, 0.25) is 0 Å². The average molecular weight is 492 g/mol. The second kappa shape index (κ2) is 10.2. The first-order valence-electron chi connectivity index (χ1n) is 11.2. The van der Waals surface area contributed by atoms with Gasteiger partial charge in [0.25, 0.3) is 11.8 Å². The molecular weight excluding hydrogens is 466 g/mol. The Morgan fingerprint density at radius 3 is 2.64 bits per heavy atom. The molecule has 2 heterocycles. The summed E-state index contributed by atoms with van der Waals surface area (Å²) in [6, 6.07) is 10.6. The summed E-state index contributed by atoms with van der Waals surface area (Å²) < 4.78 is 11.6. The van der Waals surface area contributed by atoms with E-state index in [-0.39, 0.29) is 59.1 Å². The second-order valence-electron chi connectivity index (χ2n) is 7.74. The van der Waals surface area contributed by atoms with Gasteiger partial charge in [-0.1, -0.05) is 6.07 Å². The number of aromatic hydroxyl groups is 1. The smallest absolute Gasteiger partial charge is 0.327 e. The van der Waals surface area contributed by atoms with Crippen LogP contribution in [0.15, 0.2) is 42.5 Å². The molecule has 4 rings (SSSR count). The molecule has 2 amide bonds. The van der Waals surface area contributed by atoms with Crippen molar-refractivity contribution in [3.8, 4) is 29.1 Å². The molecule has 0 bridgehead atoms. The van der Waals surface area contributed by atoms with E-state index >= 15 is 0 Å². The maximum absolute atomic E-state index is 12.8. The first-order valence-corrected chi connectivity index (χ1v) is 11.2. The summed E-state index contributed by atoms with van der Waals surface area (Å²) >= 11 is 0. The van der Waals surface area contributed by atoms with E-state index < -0.39 is 0 Å². The van der Waals surface area contributed by atoms with E-state index in [1.165, 1.54) is 18.2 Å². The summed E-state index contributed by atoms with van der Waals surface area (Å²) in [5.41, 5.74) is 6.49. The lowest BCUT2D eigenvalue weighted by atomic mass is 10.2. The van der Waals surface area contributed by atoms with Crippen molar-refractivity contribution in [2.75, 3.05) is 30.3 Å². The highest BCUT2D eigenvalue weighted by Gasteiger charge is 2.25. The molecule has 6 N–H and O–H groups in total. The number of amides is 2. The molecule has 0 aliphatic carbocycles. The van der Waals surface area contributed by atoms with E-state index in [4.69, 9.17) is 20.6 Å². The van der Waals surface area contributed by atoms with E-state index in [0.717, 1.165) is 0 Å². The van der Waals surface area contributed by atoms with Crippen molar-refractivity contribution in [2.45, 2.75) is 13.8 Å². The van der Waals surface area contributed by atoms with Gasteiger partial charge in [-0.05, 0) is 50.2 Å². The normalized spacial score (nSPS) is 12.1. The Hall–Kier alpha value is -4.87. The zero-order valence-electron chi connectivity index (χ0n) is 19.7. The lowest BCUT2D eigenvalue weighted by Gasteiger charge is -2.21. The number of carbonyl (C=O) groups is 2. The number of amidine groups is 1. The number of aromatic nitrogens is 2. The standard InChI is InChI=1S/C24H25N7O5/c1-3-31(4-2)23(34)14-6-5-7-15(10-14)35-22-19-21(27-12-18(33)28-19)29-24(30-22)36-17-11-13(20(25)26)8-9-16(17)32/h5-11,32H,3-4,12H2,1-2H3,(H3,25,26)(H,28,33)(H,27,29,30). The van der Waals surface area contributed by atoms with Crippen molar-refractivity contribution in [3.05, 3.63) is 53.6 Å². The van der Waals surface area contributed by atoms with Gasteiger partial charge >= 0.3 is 6.01 Å². The van der Waals surface area contributed by atoms with E-state index in [2.05, 4.69) is 20.6 Å². The highest BCUT2D eigenvalue weighted by Crippen LogP contribution is 2.38. The lowest BCUT2D eigenvalue weighted by Crippen LogP contribution is -2.30. The molecule has 12 heteroatoms. The fraction of sp³-hybridized carbons (Fsp3) is 0.208. The third-order valence-corrected chi connectivity index (χ3v) is 5.35. The molecule has 0 radical (unpaired) electrons. The number of phenols is 1. The fourth-order valence-electron chi connectivity index (χ4n) is 3.49. The Balaban J connectivity index is 1.70. The Morgan fingerprint density at radius 1 is 1.14 bits per heavy atom. The first kappa shape index (κ1) is 24.3. The topological polar surface area (TPSA) is 176 Å². The Kier molecular flexibility index (Phi) is 6.86. The number of ether oxygens (including phenoxy) is 2. The number of anilines is 2. The first-order chi connectivity index (χ1) is 17.3. The van der Waals surface area contributed by atoms with Crippen LogP contribution in [-0.4, -0.2) is 57.3 Å². The molecule has 1 aromatic heterocycles. The summed E-state index contributed by atoms with van der Waals surface area (Å²) in [5.74, 6) is -0.401. The van der Waals surface area contributed by atoms with E-state index in [9.17, 15) is 14.7 Å². The molecule has 0 unspecified atom stereocenters. The minimum absolute atomic E-state index is 0.0260. The number of benzene rings is 2. The van der Waals surface area contributed by atoms with Gasteiger partial charge in [0.05, 0.1) is 6.54 Å². The molecule has 1 aliphatic heterocycles. The molecule has 0 spiro atoms. The molecule has 3 aromatic rings. The third kappa shape index (κ3) is 5.12. The average Bonchev–Trinajstić information content (AvgIpc) is 2.86. The Morgan fingerprint density at radius 2 is 1.92 bits per heavy atom. The zero-order valence-corrected chi connectivity index (χ0v) is 19.7. The number of hydrogen-bond donors (Lipinski definition) is 5. The Labute approximate surface area is 206 Å². The van der Waals surface area contributed by atoms with Gasteiger partial charge in [0.1, 0.15) is 17.3 Å². The van der Waals surface area contributed by atoms with Crippen molar-refractivity contribution in [2.24, 2.45) is 5.73 Å². The number of carbonyl (C=O) groups excluding carboxylic acids is 2. The van der Waals surface area contributed by atoms with E-state index in [0.29, 0.717) is 30.0 Å². The van der Waals surface area contributed by atoms with Gasteiger partial charge in [-0.25, -0.2) is 0 Å². The van der Waals surface area contributed by atoms with Crippen LogP contribution in [0.25, 0.3) is 0 Å². The predicted molar refractivity (Wildman–Crippen MR) is 132 cm³/mol. The second-order valence-corrected chi connectivity index (χ2v) is 7.74. The maximum Gasteiger partial charge on any atom is 0.327 e. The van der Waals surface area contributed by atoms with Crippen molar-refractivity contribution >= 4 is 29.2 Å². The molecule has 186 valence electrons. The van der Waals surface area contributed by atoms with Crippen LogP contribution in [0.3, 0.4) is 0 Å². The fourth-order valence-corrected chi connectivity index (χ4v) is 3.49. The SMILES string of the molecule is CCN(CC)C(=O)c1cccc(Oc2nc(Oc3cc(C(=N)N)ccc3O)nc3c2NC(=O)CN3)c1. The van der Waals surface area contributed by atoms with Crippen LogP contribution in [0.1, 0.15) is 29.8 Å². The monoisotopic (exact) mass is 491 g/mol. The third-order valence-electron chi connectivity index (χ3n) is 5.35.